The molecule has 20 heavy (non-hydrogen) atoms. The number of hydrogen-bond donors (Lipinski definition) is 2. The molecule has 2 rings (SSSR count). The Bertz CT molecular complexity index is 542. The first-order valence-corrected chi connectivity index (χ1v) is 7.12. The van der Waals surface area contributed by atoms with E-state index in [1.165, 1.54) is 0 Å². The first kappa shape index (κ1) is 14.8. The fourth-order valence-electron chi connectivity index (χ4n) is 2.04. The molecule has 0 aromatic carbocycles. The molecule has 1 unspecified atom stereocenters. The van der Waals surface area contributed by atoms with E-state index < -0.39 is 0 Å². The van der Waals surface area contributed by atoms with E-state index >= 15 is 0 Å². The van der Waals surface area contributed by atoms with Crippen LogP contribution in [0.5, 0.6) is 0 Å². The lowest BCUT2D eigenvalue weighted by Crippen LogP contribution is -2.25. The molecule has 2 heterocycles. The summed E-state index contributed by atoms with van der Waals surface area (Å²) in [5.74, 6) is 0.574. The van der Waals surface area contributed by atoms with E-state index in [9.17, 15) is 0 Å². The molecule has 0 aliphatic rings. The van der Waals surface area contributed by atoms with Crippen molar-refractivity contribution in [1.82, 2.24) is 15.3 Å². The normalized spacial score (nSPS) is 12.3. The van der Waals surface area contributed by atoms with Gasteiger partial charge in [-0.25, -0.2) is 4.98 Å². The van der Waals surface area contributed by atoms with Crippen LogP contribution in [0.4, 0.5) is 5.82 Å². The van der Waals surface area contributed by atoms with Crippen LogP contribution in [0.2, 0.25) is 5.02 Å². The molecule has 3 N–H and O–H groups in total. The van der Waals surface area contributed by atoms with E-state index in [0.717, 1.165) is 30.6 Å². The monoisotopic (exact) mass is 290 g/mol. The van der Waals surface area contributed by atoms with Gasteiger partial charge in [-0.05, 0) is 43.1 Å². The summed E-state index contributed by atoms with van der Waals surface area (Å²) in [6.07, 6.45) is 5.19. The number of pyridine rings is 2. The fraction of sp³-hybridized carbons (Fsp3) is 0.333. The van der Waals surface area contributed by atoms with Gasteiger partial charge in [0.2, 0.25) is 0 Å². The highest BCUT2D eigenvalue weighted by Gasteiger charge is 2.14. The molecule has 0 bridgehead atoms. The highest BCUT2D eigenvalue weighted by Crippen LogP contribution is 2.20. The Balaban J connectivity index is 2.19. The molecule has 2 aromatic heterocycles. The molecule has 1 atom stereocenters. The maximum Gasteiger partial charge on any atom is 0.126 e. The number of aromatic nitrogens is 2. The number of anilines is 1. The van der Waals surface area contributed by atoms with Crippen molar-refractivity contribution in [2.45, 2.75) is 25.8 Å². The van der Waals surface area contributed by atoms with Gasteiger partial charge in [-0.15, -0.1) is 0 Å². The van der Waals surface area contributed by atoms with E-state index in [1.54, 1.807) is 12.4 Å². The highest BCUT2D eigenvalue weighted by molar-refractivity contribution is 6.30. The minimum absolute atomic E-state index is 0.110. The van der Waals surface area contributed by atoms with Crippen LogP contribution in [0, 0.1) is 0 Å². The van der Waals surface area contributed by atoms with Crippen LogP contribution in [0.1, 0.15) is 30.6 Å². The maximum atomic E-state index is 5.92. The second kappa shape index (κ2) is 7.22. The Kier molecular flexibility index (Phi) is 5.32. The molecule has 0 amide bonds. The van der Waals surface area contributed by atoms with Gasteiger partial charge in [0.05, 0.1) is 16.8 Å². The lowest BCUT2D eigenvalue weighted by molar-refractivity contribution is 0.518. The predicted molar refractivity (Wildman–Crippen MR) is 82.6 cm³/mol. The summed E-state index contributed by atoms with van der Waals surface area (Å²) in [5.41, 5.74) is 7.91. The summed E-state index contributed by atoms with van der Waals surface area (Å²) in [7, 11) is 0. The molecule has 2 aromatic rings. The number of halogens is 1. The molecule has 4 nitrogen and oxygen atoms in total. The van der Waals surface area contributed by atoms with Crippen molar-refractivity contribution in [2.24, 2.45) is 0 Å². The number of hydrogen-bond acceptors (Lipinski definition) is 4. The molecule has 0 aliphatic heterocycles. The van der Waals surface area contributed by atoms with Gasteiger partial charge in [-0.2, -0.15) is 0 Å². The standard InChI is InChI=1S/C15H19ClN4/c1-2-7-18-14(13-6-5-12(16)10-20-13)9-11-4-3-8-19-15(11)17/h3-6,8,10,14,18H,2,7,9H2,1H3,(H2,17,19). The zero-order chi connectivity index (χ0) is 14.4. The van der Waals surface area contributed by atoms with Gasteiger partial charge in [0.1, 0.15) is 5.82 Å². The molecule has 5 heteroatoms. The van der Waals surface area contributed by atoms with E-state index in [2.05, 4.69) is 22.2 Å². The van der Waals surface area contributed by atoms with Crippen LogP contribution < -0.4 is 11.1 Å². The van der Waals surface area contributed by atoms with Gasteiger partial charge in [0.25, 0.3) is 0 Å². The van der Waals surface area contributed by atoms with E-state index in [4.69, 9.17) is 17.3 Å². The molecular formula is C15H19ClN4. The maximum absolute atomic E-state index is 5.92. The van der Waals surface area contributed by atoms with Crippen molar-refractivity contribution in [3.63, 3.8) is 0 Å². The number of nitrogen functional groups attached to an aromatic ring is 1. The predicted octanol–water partition coefficient (Wildman–Crippen LogP) is 3.00. The zero-order valence-electron chi connectivity index (χ0n) is 11.5. The third-order valence-corrected chi connectivity index (χ3v) is 3.32. The average Bonchev–Trinajstić information content (AvgIpc) is 2.46. The summed E-state index contributed by atoms with van der Waals surface area (Å²) < 4.78 is 0. The van der Waals surface area contributed by atoms with Crippen molar-refractivity contribution < 1.29 is 0 Å². The topological polar surface area (TPSA) is 63.8 Å². The highest BCUT2D eigenvalue weighted by atomic mass is 35.5. The lowest BCUT2D eigenvalue weighted by Gasteiger charge is -2.18. The summed E-state index contributed by atoms with van der Waals surface area (Å²) >= 11 is 5.89. The molecule has 0 saturated heterocycles. The SMILES string of the molecule is CCCNC(Cc1cccnc1N)c1ccc(Cl)cn1. The van der Waals surface area contributed by atoms with Crippen molar-refractivity contribution in [1.29, 1.82) is 0 Å². The second-order valence-corrected chi connectivity index (χ2v) is 5.10. The smallest absolute Gasteiger partial charge is 0.126 e. The molecule has 0 spiro atoms. The molecular weight excluding hydrogens is 272 g/mol. The first-order valence-electron chi connectivity index (χ1n) is 6.75. The largest absolute Gasteiger partial charge is 0.383 e. The van der Waals surface area contributed by atoms with Crippen LogP contribution in [0.25, 0.3) is 0 Å². The van der Waals surface area contributed by atoms with E-state index in [1.807, 2.05) is 24.3 Å². The molecule has 0 radical (unpaired) electrons. The van der Waals surface area contributed by atoms with Crippen LogP contribution in [0.3, 0.4) is 0 Å². The van der Waals surface area contributed by atoms with Crippen LogP contribution in [0.15, 0.2) is 36.7 Å². The number of rotatable bonds is 6. The van der Waals surface area contributed by atoms with Crippen molar-refractivity contribution >= 4 is 17.4 Å². The summed E-state index contributed by atoms with van der Waals surface area (Å²) in [6, 6.07) is 7.81. The van der Waals surface area contributed by atoms with E-state index in [0.29, 0.717) is 10.8 Å². The zero-order valence-corrected chi connectivity index (χ0v) is 12.3. The fourth-order valence-corrected chi connectivity index (χ4v) is 2.15. The Hall–Kier alpha value is -1.65. The van der Waals surface area contributed by atoms with Gasteiger partial charge in [-0.1, -0.05) is 24.6 Å². The second-order valence-electron chi connectivity index (χ2n) is 4.66. The van der Waals surface area contributed by atoms with Gasteiger partial charge in [0.15, 0.2) is 0 Å². The van der Waals surface area contributed by atoms with Crippen molar-refractivity contribution in [3.8, 4) is 0 Å². The Labute approximate surface area is 124 Å². The quantitative estimate of drug-likeness (QED) is 0.858. The lowest BCUT2D eigenvalue weighted by atomic mass is 10.0. The van der Waals surface area contributed by atoms with E-state index in [-0.39, 0.29) is 6.04 Å². The summed E-state index contributed by atoms with van der Waals surface area (Å²) in [5, 5.41) is 4.13. The minimum atomic E-state index is 0.110. The Morgan fingerprint density at radius 1 is 1.30 bits per heavy atom. The van der Waals surface area contributed by atoms with Crippen LogP contribution in [-0.4, -0.2) is 16.5 Å². The van der Waals surface area contributed by atoms with Crippen LogP contribution in [-0.2, 0) is 6.42 Å². The number of nitrogens with one attached hydrogen (secondary N) is 1. The molecule has 0 saturated carbocycles. The van der Waals surface area contributed by atoms with Crippen molar-refractivity contribution in [3.05, 3.63) is 52.9 Å². The molecule has 0 aliphatic carbocycles. The average molecular weight is 291 g/mol. The van der Waals surface area contributed by atoms with Gasteiger partial charge >= 0.3 is 0 Å². The number of nitrogens with two attached hydrogens (primary N) is 1. The summed E-state index contributed by atoms with van der Waals surface area (Å²) in [4.78, 5) is 8.53. The van der Waals surface area contributed by atoms with Gasteiger partial charge < -0.3 is 11.1 Å². The Morgan fingerprint density at radius 3 is 2.80 bits per heavy atom. The van der Waals surface area contributed by atoms with Crippen molar-refractivity contribution in [2.75, 3.05) is 12.3 Å². The Morgan fingerprint density at radius 2 is 2.15 bits per heavy atom. The molecule has 0 fully saturated rings. The third kappa shape index (κ3) is 3.92. The van der Waals surface area contributed by atoms with Gasteiger partial charge in [-0.3, -0.25) is 4.98 Å². The van der Waals surface area contributed by atoms with Gasteiger partial charge in [0, 0.05) is 12.4 Å². The molecule has 106 valence electrons. The first-order chi connectivity index (χ1) is 9.70. The third-order valence-electron chi connectivity index (χ3n) is 3.10. The minimum Gasteiger partial charge on any atom is -0.383 e. The number of nitrogens with zero attached hydrogens (tertiary/aromatic N) is 2. The van der Waals surface area contributed by atoms with Crippen LogP contribution >= 0.6 is 11.6 Å². The summed E-state index contributed by atoms with van der Waals surface area (Å²) in [6.45, 7) is 3.06.